The first-order valence-corrected chi connectivity index (χ1v) is 14.2. The highest BCUT2D eigenvalue weighted by Gasteiger charge is 2.18. The summed E-state index contributed by atoms with van der Waals surface area (Å²) in [5, 5.41) is 11.6. The molecule has 2 aromatic heterocycles. The monoisotopic (exact) mass is 537 g/mol. The molecule has 0 spiro atoms. The van der Waals surface area contributed by atoms with Crippen molar-refractivity contribution in [3.05, 3.63) is 112 Å². The number of hydrogen-bond acceptors (Lipinski definition) is 4. The third kappa shape index (κ3) is 7.02. The Labute approximate surface area is 234 Å². The van der Waals surface area contributed by atoms with Gasteiger partial charge in [-0.25, -0.2) is 4.98 Å². The Balaban J connectivity index is 1.31. The van der Waals surface area contributed by atoms with Crippen LogP contribution in [0.25, 0.3) is 22.2 Å². The van der Waals surface area contributed by atoms with E-state index in [9.17, 15) is 9.90 Å². The van der Waals surface area contributed by atoms with Crippen LogP contribution in [-0.2, 0) is 30.8 Å². The summed E-state index contributed by atoms with van der Waals surface area (Å²) in [7, 11) is 0. The van der Waals surface area contributed by atoms with Gasteiger partial charge in [-0.05, 0) is 51.2 Å². The van der Waals surface area contributed by atoms with E-state index in [0.717, 1.165) is 40.3 Å². The molecule has 0 aliphatic heterocycles. The average molecular weight is 538 g/mol. The Bertz CT molecular complexity index is 1550. The minimum absolute atomic E-state index is 0.0109. The van der Waals surface area contributed by atoms with Gasteiger partial charge in [0, 0.05) is 30.9 Å². The lowest BCUT2D eigenvalue weighted by Crippen LogP contribution is -2.28. The molecule has 200 valence electrons. The molecule has 0 amide bonds. The molecule has 0 fully saturated rings. The molecule has 3 aromatic carbocycles. The van der Waals surface area contributed by atoms with Gasteiger partial charge in [0.15, 0.2) is 0 Å². The van der Waals surface area contributed by atoms with Crippen LogP contribution in [0.5, 0.6) is 0 Å². The lowest BCUT2D eigenvalue weighted by molar-refractivity contribution is -0.138. The van der Waals surface area contributed by atoms with Crippen LogP contribution in [0.15, 0.2) is 90.3 Å². The van der Waals surface area contributed by atoms with Crippen molar-refractivity contribution >= 4 is 28.3 Å². The van der Waals surface area contributed by atoms with E-state index in [0.29, 0.717) is 13.1 Å². The Morgan fingerprint density at radius 3 is 2.33 bits per heavy atom. The van der Waals surface area contributed by atoms with Gasteiger partial charge in [0.1, 0.15) is 5.82 Å². The molecule has 5 nitrogen and oxygen atoms in total. The summed E-state index contributed by atoms with van der Waals surface area (Å²) in [5.41, 5.74) is 7.05. The predicted octanol–water partition coefficient (Wildman–Crippen LogP) is 7.49. The summed E-state index contributed by atoms with van der Waals surface area (Å²) in [4.78, 5) is 19.6. The summed E-state index contributed by atoms with van der Waals surface area (Å²) >= 11 is 1.68. The van der Waals surface area contributed by atoms with E-state index in [-0.39, 0.29) is 12.0 Å². The van der Waals surface area contributed by atoms with Crippen LogP contribution in [0.4, 0.5) is 0 Å². The van der Waals surface area contributed by atoms with Gasteiger partial charge in [-0.3, -0.25) is 9.69 Å². The fourth-order valence-electron chi connectivity index (χ4n) is 4.93. The zero-order valence-electron chi connectivity index (χ0n) is 22.8. The quantitative estimate of drug-likeness (QED) is 0.201. The number of nitrogens with zero attached hydrogens (tertiary/aromatic N) is 3. The van der Waals surface area contributed by atoms with Crippen molar-refractivity contribution < 1.29 is 9.90 Å². The lowest BCUT2D eigenvalue weighted by Gasteiger charge is -2.19. The number of fused-ring (bicyclic) bond motifs is 1. The van der Waals surface area contributed by atoms with E-state index >= 15 is 0 Å². The Morgan fingerprint density at radius 2 is 1.62 bits per heavy atom. The van der Waals surface area contributed by atoms with Gasteiger partial charge in [-0.2, -0.15) is 0 Å². The largest absolute Gasteiger partial charge is 0.480 e. The van der Waals surface area contributed by atoms with Crippen LogP contribution in [0.1, 0.15) is 42.6 Å². The molecule has 0 aliphatic carbocycles. The van der Waals surface area contributed by atoms with E-state index in [1.165, 1.54) is 16.6 Å². The standard InChI is InChI=1S/C33H35N3O2S/c1-33(2,3)18-31-34-29-11-7-8-12-30(29)36(31)20-25-13-15-26(16-14-25)27-17-28(39-23-27)21-35(22-32(37)38)19-24-9-5-4-6-10-24/h4-17,23H,18-22H2,1-3H3,(H,37,38). The van der Waals surface area contributed by atoms with Gasteiger partial charge in [-0.1, -0.05) is 87.5 Å². The van der Waals surface area contributed by atoms with E-state index in [2.05, 4.69) is 79.2 Å². The van der Waals surface area contributed by atoms with Crippen LogP contribution in [0.2, 0.25) is 0 Å². The maximum absolute atomic E-state index is 11.5. The molecule has 0 atom stereocenters. The number of rotatable bonds is 10. The van der Waals surface area contributed by atoms with Crippen molar-refractivity contribution in [1.82, 2.24) is 14.5 Å². The number of carboxylic acid groups (broad SMARTS) is 1. The van der Waals surface area contributed by atoms with Gasteiger partial charge < -0.3 is 9.67 Å². The van der Waals surface area contributed by atoms with Crippen molar-refractivity contribution in [2.75, 3.05) is 6.54 Å². The van der Waals surface area contributed by atoms with Gasteiger partial charge in [0.25, 0.3) is 0 Å². The molecule has 0 aliphatic rings. The molecular weight excluding hydrogens is 502 g/mol. The summed E-state index contributed by atoms with van der Waals surface area (Å²) < 4.78 is 2.35. The Morgan fingerprint density at radius 1 is 0.897 bits per heavy atom. The molecule has 39 heavy (non-hydrogen) atoms. The van der Waals surface area contributed by atoms with Crippen molar-refractivity contribution in [3.8, 4) is 11.1 Å². The van der Waals surface area contributed by atoms with Crippen molar-refractivity contribution in [3.63, 3.8) is 0 Å². The first kappa shape index (κ1) is 26.9. The van der Waals surface area contributed by atoms with Crippen LogP contribution in [0.3, 0.4) is 0 Å². The van der Waals surface area contributed by atoms with Crippen molar-refractivity contribution in [2.24, 2.45) is 5.41 Å². The molecular formula is C33H35N3O2S. The van der Waals surface area contributed by atoms with Crippen LogP contribution >= 0.6 is 11.3 Å². The number of benzene rings is 3. The van der Waals surface area contributed by atoms with Crippen molar-refractivity contribution in [1.29, 1.82) is 0 Å². The summed E-state index contributed by atoms with van der Waals surface area (Å²) in [6, 6.07) is 29.4. The van der Waals surface area contributed by atoms with Gasteiger partial charge in [-0.15, -0.1) is 11.3 Å². The van der Waals surface area contributed by atoms with Crippen LogP contribution in [-0.4, -0.2) is 32.1 Å². The smallest absolute Gasteiger partial charge is 0.317 e. The second-order valence-corrected chi connectivity index (χ2v) is 12.4. The van der Waals surface area contributed by atoms with Crippen LogP contribution < -0.4 is 0 Å². The first-order chi connectivity index (χ1) is 18.7. The number of aliphatic carboxylic acids is 1. The molecule has 0 radical (unpaired) electrons. The maximum Gasteiger partial charge on any atom is 0.317 e. The van der Waals surface area contributed by atoms with Gasteiger partial charge >= 0.3 is 5.97 Å². The first-order valence-electron chi connectivity index (χ1n) is 13.3. The SMILES string of the molecule is CC(C)(C)Cc1nc2ccccc2n1Cc1ccc(-c2csc(CN(CC(=O)O)Cc3ccccc3)c2)cc1. The van der Waals surface area contributed by atoms with Crippen LogP contribution in [0, 0.1) is 5.41 Å². The molecule has 5 rings (SSSR count). The normalized spacial score (nSPS) is 11.9. The fraction of sp³-hybridized carbons (Fsp3) is 0.273. The van der Waals surface area contributed by atoms with E-state index in [4.69, 9.17) is 4.98 Å². The Hall–Kier alpha value is -3.74. The molecule has 6 heteroatoms. The zero-order chi connectivity index (χ0) is 27.4. The second-order valence-electron chi connectivity index (χ2n) is 11.4. The third-order valence-corrected chi connectivity index (χ3v) is 7.61. The number of aromatic nitrogens is 2. The molecule has 0 unspecified atom stereocenters. The topological polar surface area (TPSA) is 58.4 Å². The highest BCUT2D eigenvalue weighted by Crippen LogP contribution is 2.29. The van der Waals surface area contributed by atoms with E-state index < -0.39 is 5.97 Å². The maximum atomic E-state index is 11.5. The number of thiophene rings is 1. The van der Waals surface area contributed by atoms with E-state index in [1.807, 2.05) is 41.3 Å². The number of hydrogen-bond donors (Lipinski definition) is 1. The minimum atomic E-state index is -0.811. The number of carboxylic acids is 1. The fourth-order valence-corrected chi connectivity index (χ4v) is 5.87. The molecule has 5 aromatic rings. The van der Waals surface area contributed by atoms with Gasteiger partial charge in [0.05, 0.1) is 17.6 Å². The molecule has 1 N–H and O–H groups in total. The summed E-state index contributed by atoms with van der Waals surface area (Å²) in [5.74, 6) is 0.311. The highest BCUT2D eigenvalue weighted by atomic mass is 32.1. The lowest BCUT2D eigenvalue weighted by atomic mass is 9.92. The third-order valence-electron chi connectivity index (χ3n) is 6.69. The van der Waals surface area contributed by atoms with E-state index in [1.54, 1.807) is 11.3 Å². The predicted molar refractivity (Wildman–Crippen MR) is 160 cm³/mol. The number of para-hydroxylation sites is 2. The molecule has 0 saturated carbocycles. The highest BCUT2D eigenvalue weighted by molar-refractivity contribution is 7.10. The second kappa shape index (κ2) is 11.6. The minimum Gasteiger partial charge on any atom is -0.480 e. The summed E-state index contributed by atoms with van der Waals surface area (Å²) in [6.07, 6.45) is 0.917. The number of carbonyl (C=O) groups is 1. The zero-order valence-corrected chi connectivity index (χ0v) is 23.6. The molecule has 2 heterocycles. The average Bonchev–Trinajstić information content (AvgIpc) is 3.48. The summed E-state index contributed by atoms with van der Waals surface area (Å²) in [6.45, 7) is 8.76. The van der Waals surface area contributed by atoms with Gasteiger partial charge in [0.2, 0.25) is 0 Å². The molecule has 0 bridgehead atoms. The Kier molecular flexibility index (Phi) is 7.96. The number of imidazole rings is 1. The van der Waals surface area contributed by atoms with Crippen molar-refractivity contribution in [2.45, 2.75) is 46.8 Å². The molecule has 0 saturated heterocycles.